The first-order chi connectivity index (χ1) is 8.74. The second-order valence-corrected chi connectivity index (χ2v) is 4.44. The molecule has 2 aromatic heterocycles. The van der Waals surface area contributed by atoms with Crippen LogP contribution in [-0.2, 0) is 6.54 Å². The maximum absolute atomic E-state index is 6.07. The highest BCUT2D eigenvalue weighted by Gasteiger charge is 2.09. The van der Waals surface area contributed by atoms with Crippen molar-refractivity contribution < 1.29 is 0 Å². The summed E-state index contributed by atoms with van der Waals surface area (Å²) < 4.78 is 1.84. The molecule has 18 heavy (non-hydrogen) atoms. The number of fused-ring (bicyclic) bond motifs is 1. The van der Waals surface area contributed by atoms with Crippen LogP contribution in [0.3, 0.4) is 0 Å². The van der Waals surface area contributed by atoms with Gasteiger partial charge in [0.25, 0.3) is 0 Å². The normalized spacial score (nSPS) is 11.0. The first kappa shape index (κ1) is 11.2. The molecule has 0 aliphatic carbocycles. The van der Waals surface area contributed by atoms with Gasteiger partial charge in [-0.05, 0) is 12.5 Å². The Bertz CT molecular complexity index is 691. The Morgan fingerprint density at radius 2 is 1.94 bits per heavy atom. The smallest absolute Gasteiger partial charge is 0.163 e. The molecular weight excluding hydrogens is 248 g/mol. The van der Waals surface area contributed by atoms with Crippen LogP contribution < -0.4 is 0 Å². The summed E-state index contributed by atoms with van der Waals surface area (Å²) in [5, 5.41) is 5.57. The van der Waals surface area contributed by atoms with E-state index in [0.717, 1.165) is 11.0 Å². The van der Waals surface area contributed by atoms with E-state index in [1.54, 1.807) is 6.20 Å². The highest BCUT2D eigenvalue weighted by Crippen LogP contribution is 2.20. The molecule has 0 atom stereocenters. The number of benzene rings is 1. The van der Waals surface area contributed by atoms with Gasteiger partial charge in [0.15, 0.2) is 5.65 Å². The Balaban J connectivity index is 2.08. The molecule has 0 spiro atoms. The number of hydrogen-bond acceptors (Lipinski definition) is 3. The van der Waals surface area contributed by atoms with Gasteiger partial charge in [-0.25, -0.2) is 14.6 Å². The number of hydrogen-bond donors (Lipinski definition) is 0. The minimum Gasteiger partial charge on any atom is -0.243 e. The quantitative estimate of drug-likeness (QED) is 0.664. The highest BCUT2D eigenvalue weighted by molar-refractivity contribution is 6.33. The van der Waals surface area contributed by atoms with Crippen LogP contribution in [0, 0.1) is 6.92 Å². The van der Waals surface area contributed by atoms with Crippen molar-refractivity contribution in [3.05, 3.63) is 53.1 Å². The Morgan fingerprint density at radius 1 is 1.17 bits per heavy atom. The summed E-state index contributed by atoms with van der Waals surface area (Å²) in [5.74, 6) is 0.655. The molecule has 0 unspecified atom stereocenters. The molecule has 0 saturated carbocycles. The van der Waals surface area contributed by atoms with Crippen molar-refractivity contribution in [1.82, 2.24) is 19.7 Å². The Morgan fingerprint density at radius 3 is 2.72 bits per heavy atom. The van der Waals surface area contributed by atoms with Gasteiger partial charge in [0.2, 0.25) is 0 Å². The average Bonchev–Trinajstić information content (AvgIpc) is 2.74. The second kappa shape index (κ2) is 4.38. The first-order valence-electron chi connectivity index (χ1n) is 5.63. The topological polar surface area (TPSA) is 43.6 Å². The van der Waals surface area contributed by atoms with Gasteiger partial charge in [0.1, 0.15) is 11.0 Å². The maximum Gasteiger partial charge on any atom is 0.163 e. The Labute approximate surface area is 109 Å². The lowest BCUT2D eigenvalue weighted by Gasteiger charge is -2.03. The van der Waals surface area contributed by atoms with Crippen LogP contribution in [0.1, 0.15) is 11.4 Å². The minimum absolute atomic E-state index is 0.455. The second-order valence-electron chi connectivity index (χ2n) is 4.09. The molecule has 5 heteroatoms. The van der Waals surface area contributed by atoms with Crippen molar-refractivity contribution in [3.8, 4) is 0 Å². The number of aromatic nitrogens is 4. The molecule has 4 nitrogen and oxygen atoms in total. The Hall–Kier alpha value is -1.94. The lowest BCUT2D eigenvalue weighted by atomic mass is 10.2. The maximum atomic E-state index is 6.07. The molecule has 0 fully saturated rings. The van der Waals surface area contributed by atoms with Gasteiger partial charge in [-0.2, -0.15) is 5.10 Å². The van der Waals surface area contributed by atoms with Crippen LogP contribution in [-0.4, -0.2) is 19.7 Å². The van der Waals surface area contributed by atoms with Crippen molar-refractivity contribution in [2.45, 2.75) is 13.5 Å². The van der Waals surface area contributed by atoms with E-state index in [1.807, 2.05) is 29.8 Å². The van der Waals surface area contributed by atoms with E-state index in [2.05, 4.69) is 27.2 Å². The molecule has 0 radical (unpaired) electrons. The van der Waals surface area contributed by atoms with E-state index in [1.165, 1.54) is 5.56 Å². The summed E-state index contributed by atoms with van der Waals surface area (Å²) in [6, 6.07) is 10.1. The number of halogens is 1. The third-order valence-electron chi connectivity index (χ3n) is 2.74. The molecule has 0 saturated heterocycles. The van der Waals surface area contributed by atoms with Gasteiger partial charge < -0.3 is 0 Å². The number of aryl methyl sites for hydroxylation is 1. The number of rotatable bonds is 2. The summed E-state index contributed by atoms with van der Waals surface area (Å²) in [6.45, 7) is 2.50. The van der Waals surface area contributed by atoms with Crippen LogP contribution in [0.4, 0.5) is 0 Å². The van der Waals surface area contributed by atoms with E-state index >= 15 is 0 Å². The van der Waals surface area contributed by atoms with Crippen molar-refractivity contribution in [2.24, 2.45) is 0 Å². The number of nitrogens with zero attached hydrogens (tertiary/aromatic N) is 4. The molecule has 2 heterocycles. The highest BCUT2D eigenvalue weighted by atomic mass is 35.5. The molecule has 3 rings (SSSR count). The standard InChI is InChI=1S/C13H11ClN4/c1-9-16-12(14)11-7-15-18(13(11)17-9)8-10-5-3-2-4-6-10/h2-7H,8H2,1H3. The zero-order chi connectivity index (χ0) is 12.5. The molecular formula is C13H11ClN4. The minimum atomic E-state index is 0.455. The van der Waals surface area contributed by atoms with Gasteiger partial charge in [-0.1, -0.05) is 41.9 Å². The van der Waals surface area contributed by atoms with Crippen LogP contribution in [0.15, 0.2) is 36.5 Å². The van der Waals surface area contributed by atoms with Crippen LogP contribution >= 0.6 is 11.6 Å². The van der Waals surface area contributed by atoms with Crippen molar-refractivity contribution in [2.75, 3.05) is 0 Å². The molecule has 0 N–H and O–H groups in total. The third-order valence-corrected chi connectivity index (χ3v) is 3.02. The van der Waals surface area contributed by atoms with Crippen molar-refractivity contribution >= 4 is 22.6 Å². The SMILES string of the molecule is Cc1nc(Cl)c2cnn(Cc3ccccc3)c2n1. The molecule has 0 bridgehead atoms. The molecule has 0 aliphatic heterocycles. The molecule has 3 aromatic rings. The van der Waals surface area contributed by atoms with Crippen molar-refractivity contribution in [3.63, 3.8) is 0 Å². The fourth-order valence-corrected chi connectivity index (χ4v) is 2.15. The van der Waals surface area contributed by atoms with E-state index in [-0.39, 0.29) is 0 Å². The predicted molar refractivity (Wildman–Crippen MR) is 70.6 cm³/mol. The summed E-state index contributed by atoms with van der Waals surface area (Å²) in [4.78, 5) is 8.52. The summed E-state index contributed by atoms with van der Waals surface area (Å²) in [6.07, 6.45) is 1.71. The van der Waals surface area contributed by atoms with E-state index in [4.69, 9.17) is 11.6 Å². The zero-order valence-electron chi connectivity index (χ0n) is 9.84. The average molecular weight is 259 g/mol. The van der Waals surface area contributed by atoms with E-state index in [0.29, 0.717) is 17.5 Å². The largest absolute Gasteiger partial charge is 0.243 e. The third kappa shape index (κ3) is 1.95. The van der Waals surface area contributed by atoms with Gasteiger partial charge in [-0.15, -0.1) is 0 Å². The first-order valence-corrected chi connectivity index (χ1v) is 6.01. The monoisotopic (exact) mass is 258 g/mol. The van der Waals surface area contributed by atoms with Gasteiger partial charge in [-0.3, -0.25) is 0 Å². The van der Waals surface area contributed by atoms with Gasteiger partial charge in [0.05, 0.1) is 18.1 Å². The zero-order valence-corrected chi connectivity index (χ0v) is 10.6. The predicted octanol–water partition coefficient (Wildman–Crippen LogP) is 2.84. The van der Waals surface area contributed by atoms with E-state index < -0.39 is 0 Å². The van der Waals surface area contributed by atoms with Gasteiger partial charge in [0, 0.05) is 0 Å². The lowest BCUT2D eigenvalue weighted by molar-refractivity contribution is 0.702. The molecule has 90 valence electrons. The van der Waals surface area contributed by atoms with Crippen LogP contribution in [0.5, 0.6) is 0 Å². The van der Waals surface area contributed by atoms with Crippen LogP contribution in [0.2, 0.25) is 5.15 Å². The Kier molecular flexibility index (Phi) is 2.72. The van der Waals surface area contributed by atoms with Gasteiger partial charge >= 0.3 is 0 Å². The van der Waals surface area contributed by atoms with E-state index in [9.17, 15) is 0 Å². The lowest BCUT2D eigenvalue weighted by Crippen LogP contribution is -2.03. The summed E-state index contributed by atoms with van der Waals surface area (Å²) in [7, 11) is 0. The molecule has 0 aliphatic rings. The fourth-order valence-electron chi connectivity index (χ4n) is 1.89. The molecule has 0 amide bonds. The van der Waals surface area contributed by atoms with Crippen LogP contribution in [0.25, 0.3) is 11.0 Å². The molecule has 1 aromatic carbocycles. The fraction of sp³-hybridized carbons (Fsp3) is 0.154. The summed E-state index contributed by atoms with van der Waals surface area (Å²) in [5.41, 5.74) is 1.95. The van der Waals surface area contributed by atoms with Crippen molar-refractivity contribution in [1.29, 1.82) is 0 Å². The summed E-state index contributed by atoms with van der Waals surface area (Å²) >= 11 is 6.07.